The maximum atomic E-state index is 14.0. The fourth-order valence-corrected chi connectivity index (χ4v) is 7.76. The number of benzene rings is 2. The Morgan fingerprint density at radius 3 is 2.81 bits per heavy atom. The van der Waals surface area contributed by atoms with Gasteiger partial charge in [0.25, 0.3) is 0 Å². The van der Waals surface area contributed by atoms with E-state index in [9.17, 15) is 18.3 Å². The lowest BCUT2D eigenvalue weighted by Crippen LogP contribution is -2.50. The van der Waals surface area contributed by atoms with Crippen LogP contribution in [0.25, 0.3) is 11.0 Å². The number of hydrogen-bond acceptors (Lipinski definition) is 8. The summed E-state index contributed by atoms with van der Waals surface area (Å²) in [6.07, 6.45) is 1.50. The number of aryl methyl sites for hydroxylation is 3. The van der Waals surface area contributed by atoms with Crippen molar-refractivity contribution >= 4 is 32.8 Å². The third-order valence-corrected chi connectivity index (χ3v) is 10.3. The van der Waals surface area contributed by atoms with Gasteiger partial charge in [-0.3, -0.25) is 4.79 Å². The molecule has 0 bridgehead atoms. The number of fused-ring (bicyclic) bond motifs is 4. The molecule has 2 aromatic carbocycles. The molecule has 1 fully saturated rings. The van der Waals surface area contributed by atoms with Crippen LogP contribution in [0.1, 0.15) is 47.1 Å². The third-order valence-electron chi connectivity index (χ3n) is 8.44. The Morgan fingerprint density at radius 2 is 2.02 bits per heavy atom. The molecule has 2 aliphatic heterocycles. The fraction of sp³-hybridized carbons (Fsp3) is 0.400. The second-order valence-corrected chi connectivity index (χ2v) is 12.8. The van der Waals surface area contributed by atoms with Crippen molar-refractivity contribution in [3.63, 3.8) is 0 Å². The number of sulfonamides is 1. The lowest BCUT2D eigenvalue weighted by molar-refractivity contribution is -0.137. The lowest BCUT2D eigenvalue weighted by atomic mass is 9.84. The minimum absolute atomic E-state index is 0.119. The molecule has 2 aromatic heterocycles. The predicted molar refractivity (Wildman–Crippen MR) is 157 cm³/mol. The number of carbonyl (C=O) groups is 1. The van der Waals surface area contributed by atoms with E-state index in [-0.39, 0.29) is 30.4 Å². The molecular weight excluding hydrogens is 556 g/mol. The SMILES string of the molecule is CCn1nnc2c(C)c([C@@H](CC(=O)O)c3ccc(C)c(CN4C[C@@H]5COCCN5c5ncccc5S4(=O)=O)c3)ccc21. The molecule has 0 radical (unpaired) electrons. The van der Waals surface area contributed by atoms with E-state index >= 15 is 0 Å². The average molecular weight is 591 g/mol. The zero-order chi connectivity index (χ0) is 29.6. The molecule has 12 heteroatoms. The molecule has 0 amide bonds. The van der Waals surface area contributed by atoms with Crippen LogP contribution in [0.2, 0.25) is 0 Å². The highest BCUT2D eigenvalue weighted by atomic mass is 32.2. The van der Waals surface area contributed by atoms with Crippen molar-refractivity contribution in [2.45, 2.75) is 57.1 Å². The lowest BCUT2D eigenvalue weighted by Gasteiger charge is -2.36. The van der Waals surface area contributed by atoms with Gasteiger partial charge in [-0.1, -0.05) is 29.5 Å². The van der Waals surface area contributed by atoms with Crippen molar-refractivity contribution in [3.8, 4) is 0 Å². The van der Waals surface area contributed by atoms with Crippen molar-refractivity contribution in [2.75, 3.05) is 31.2 Å². The Hall–Kier alpha value is -3.87. The highest BCUT2D eigenvalue weighted by Crippen LogP contribution is 2.36. The summed E-state index contributed by atoms with van der Waals surface area (Å²) in [6.45, 7) is 8.46. The van der Waals surface area contributed by atoms with Crippen LogP contribution in [0.3, 0.4) is 0 Å². The second-order valence-electron chi connectivity index (χ2n) is 10.9. The quantitative estimate of drug-likeness (QED) is 0.344. The molecule has 1 saturated heterocycles. The normalized spacial score (nSPS) is 19.2. The van der Waals surface area contributed by atoms with Crippen molar-refractivity contribution in [2.24, 2.45) is 0 Å². The molecule has 0 spiro atoms. The molecule has 2 aliphatic rings. The number of aliphatic carboxylic acids is 1. The largest absolute Gasteiger partial charge is 0.481 e. The second kappa shape index (κ2) is 11.1. The van der Waals surface area contributed by atoms with Gasteiger partial charge in [-0.15, -0.1) is 5.10 Å². The van der Waals surface area contributed by atoms with Gasteiger partial charge in [0.2, 0.25) is 10.0 Å². The third kappa shape index (κ3) is 4.93. The van der Waals surface area contributed by atoms with Gasteiger partial charge in [0.15, 0.2) is 0 Å². The zero-order valence-corrected chi connectivity index (χ0v) is 24.7. The molecule has 42 heavy (non-hydrogen) atoms. The van der Waals surface area contributed by atoms with Gasteiger partial charge >= 0.3 is 5.97 Å². The fourth-order valence-electron chi connectivity index (χ4n) is 6.15. The summed E-state index contributed by atoms with van der Waals surface area (Å²) in [5, 5.41) is 18.5. The van der Waals surface area contributed by atoms with Crippen molar-refractivity contribution < 1.29 is 23.1 Å². The Morgan fingerprint density at radius 1 is 1.19 bits per heavy atom. The van der Waals surface area contributed by atoms with Gasteiger partial charge in [-0.05, 0) is 66.8 Å². The van der Waals surface area contributed by atoms with Crippen LogP contribution in [0.15, 0.2) is 53.6 Å². The van der Waals surface area contributed by atoms with Crippen molar-refractivity contribution in [3.05, 3.63) is 76.5 Å². The first-order valence-corrected chi connectivity index (χ1v) is 15.6. The highest BCUT2D eigenvalue weighted by Gasteiger charge is 2.39. The number of nitrogens with zero attached hydrogens (tertiary/aromatic N) is 6. The van der Waals surface area contributed by atoms with Crippen LogP contribution >= 0.6 is 0 Å². The first-order valence-electron chi connectivity index (χ1n) is 14.1. The van der Waals surface area contributed by atoms with E-state index in [1.165, 1.54) is 4.31 Å². The number of morpholine rings is 1. The summed E-state index contributed by atoms with van der Waals surface area (Å²) >= 11 is 0. The molecule has 4 aromatic rings. The highest BCUT2D eigenvalue weighted by molar-refractivity contribution is 7.89. The van der Waals surface area contributed by atoms with E-state index in [4.69, 9.17) is 4.74 Å². The Labute approximate surface area is 244 Å². The van der Waals surface area contributed by atoms with E-state index in [1.54, 1.807) is 18.3 Å². The Bertz CT molecular complexity index is 1770. The Balaban J connectivity index is 1.40. The molecule has 6 rings (SSSR count). The average Bonchev–Trinajstić information content (AvgIpc) is 3.38. The molecule has 1 N–H and O–H groups in total. The van der Waals surface area contributed by atoms with E-state index < -0.39 is 21.9 Å². The van der Waals surface area contributed by atoms with Crippen molar-refractivity contribution in [1.29, 1.82) is 0 Å². The van der Waals surface area contributed by atoms with Gasteiger partial charge in [0, 0.05) is 38.3 Å². The minimum atomic E-state index is -3.87. The number of hydrogen-bond donors (Lipinski definition) is 1. The standard InChI is InChI=1S/C30H34N6O5S/c1-4-36-26-10-9-24(20(3)29(26)32-33-36)25(15-28(37)38)21-8-7-19(2)22(14-21)16-34-17-23-18-41-13-12-35(23)30-27(42(34,39)40)6-5-11-31-30/h5-11,14,23,25H,4,12-13,15-18H2,1-3H3,(H,37,38)/t23-,25+/m1/s1. The molecule has 0 aliphatic carbocycles. The van der Waals surface area contributed by atoms with Crippen LogP contribution in [-0.4, -0.2) is 76.1 Å². The van der Waals surface area contributed by atoms with Crippen LogP contribution in [0, 0.1) is 13.8 Å². The van der Waals surface area contributed by atoms with Crippen LogP contribution < -0.4 is 4.90 Å². The molecule has 220 valence electrons. The van der Waals surface area contributed by atoms with Gasteiger partial charge in [-0.2, -0.15) is 4.31 Å². The Kier molecular flexibility index (Phi) is 7.46. The maximum absolute atomic E-state index is 14.0. The minimum Gasteiger partial charge on any atom is -0.481 e. The topological polar surface area (TPSA) is 131 Å². The van der Waals surface area contributed by atoms with E-state index in [0.29, 0.717) is 32.1 Å². The first kappa shape index (κ1) is 28.3. The van der Waals surface area contributed by atoms with Crippen molar-refractivity contribution in [1.82, 2.24) is 24.3 Å². The number of pyridine rings is 1. The number of carboxylic acids is 1. The van der Waals surface area contributed by atoms with Crippen LogP contribution in [0.4, 0.5) is 5.82 Å². The molecule has 2 atom stereocenters. The van der Waals surface area contributed by atoms with Gasteiger partial charge in [0.1, 0.15) is 16.2 Å². The predicted octanol–water partition coefficient (Wildman–Crippen LogP) is 3.48. The van der Waals surface area contributed by atoms with Gasteiger partial charge in [-0.25, -0.2) is 18.1 Å². The van der Waals surface area contributed by atoms with Crippen LogP contribution in [0.5, 0.6) is 0 Å². The zero-order valence-electron chi connectivity index (χ0n) is 23.9. The molecule has 11 nitrogen and oxygen atoms in total. The molecule has 0 saturated carbocycles. The van der Waals surface area contributed by atoms with Crippen LogP contribution in [-0.2, 0) is 32.6 Å². The molecule has 4 heterocycles. The summed E-state index contributed by atoms with van der Waals surface area (Å²) in [5.41, 5.74) is 5.95. The summed E-state index contributed by atoms with van der Waals surface area (Å²) in [5.74, 6) is -0.910. The first-order chi connectivity index (χ1) is 20.2. The summed E-state index contributed by atoms with van der Waals surface area (Å²) in [6, 6.07) is 12.8. The van der Waals surface area contributed by atoms with Gasteiger partial charge in [0.05, 0.1) is 31.2 Å². The molecule has 0 unspecified atom stereocenters. The number of aromatic nitrogens is 4. The number of rotatable bonds is 7. The summed E-state index contributed by atoms with van der Waals surface area (Å²) in [7, 11) is -3.87. The van der Waals surface area contributed by atoms with Gasteiger partial charge < -0.3 is 14.7 Å². The number of anilines is 1. The van der Waals surface area contributed by atoms with E-state index in [2.05, 4.69) is 15.3 Å². The van der Waals surface area contributed by atoms with E-state index in [0.717, 1.165) is 38.9 Å². The summed E-state index contributed by atoms with van der Waals surface area (Å²) < 4.78 is 37.0. The summed E-state index contributed by atoms with van der Waals surface area (Å²) in [4.78, 5) is 18.8. The molecular formula is C30H34N6O5S. The number of carboxylic acid groups (broad SMARTS) is 1. The number of ether oxygens (including phenoxy) is 1. The van der Waals surface area contributed by atoms with E-state index in [1.807, 2.05) is 60.7 Å². The maximum Gasteiger partial charge on any atom is 0.304 e. The monoisotopic (exact) mass is 590 g/mol. The smallest absolute Gasteiger partial charge is 0.304 e.